The first-order valence-corrected chi connectivity index (χ1v) is 6.50. The molecular weight excluding hydrogens is 186 g/mol. The van der Waals surface area contributed by atoms with Crippen LogP contribution in [-0.2, 0) is 4.79 Å². The van der Waals surface area contributed by atoms with E-state index in [0.717, 1.165) is 5.92 Å². The standard InChI is InChI=1S/C13H25NO/c1-2-3-4-5-11-6-8-12(9-7-11)10-13(14)15/h11-12H,2-10H2,1H3,(H2,14,15)/t11-,12-. The number of hydrogen-bond donors (Lipinski definition) is 1. The monoisotopic (exact) mass is 211 g/mol. The third kappa shape index (κ3) is 5.19. The predicted molar refractivity (Wildman–Crippen MR) is 63.4 cm³/mol. The Bertz CT molecular complexity index is 183. The number of rotatable bonds is 6. The molecule has 2 N–H and O–H groups in total. The molecule has 0 radical (unpaired) electrons. The Labute approximate surface area is 93.6 Å². The number of carbonyl (C=O) groups excluding carboxylic acids is 1. The molecule has 1 rings (SSSR count). The molecule has 0 aromatic rings. The number of nitrogens with two attached hydrogens (primary N) is 1. The van der Waals surface area contributed by atoms with Crippen LogP contribution in [0.4, 0.5) is 0 Å². The first kappa shape index (κ1) is 12.5. The predicted octanol–water partition coefficient (Wildman–Crippen LogP) is 3.25. The minimum Gasteiger partial charge on any atom is -0.370 e. The summed E-state index contributed by atoms with van der Waals surface area (Å²) in [5.74, 6) is 1.40. The van der Waals surface area contributed by atoms with Crippen LogP contribution in [0.2, 0.25) is 0 Å². The molecule has 1 saturated carbocycles. The van der Waals surface area contributed by atoms with Gasteiger partial charge in [0.25, 0.3) is 0 Å². The molecule has 1 amide bonds. The maximum atomic E-state index is 10.8. The molecule has 1 aliphatic carbocycles. The second kappa shape index (κ2) is 6.86. The molecule has 0 aromatic heterocycles. The topological polar surface area (TPSA) is 43.1 Å². The van der Waals surface area contributed by atoms with E-state index in [1.807, 2.05) is 0 Å². The van der Waals surface area contributed by atoms with Gasteiger partial charge in [-0.05, 0) is 24.7 Å². The average Bonchev–Trinajstić information content (AvgIpc) is 2.20. The van der Waals surface area contributed by atoms with Crippen LogP contribution in [0.3, 0.4) is 0 Å². The molecule has 0 atom stereocenters. The second-order valence-corrected chi connectivity index (χ2v) is 5.05. The van der Waals surface area contributed by atoms with Crippen molar-refractivity contribution in [3.05, 3.63) is 0 Å². The van der Waals surface area contributed by atoms with Crippen LogP contribution < -0.4 is 5.73 Å². The number of unbranched alkanes of at least 4 members (excludes halogenated alkanes) is 2. The Morgan fingerprint density at radius 2 is 1.73 bits per heavy atom. The zero-order valence-corrected chi connectivity index (χ0v) is 10.0. The number of amides is 1. The summed E-state index contributed by atoms with van der Waals surface area (Å²) in [4.78, 5) is 10.8. The van der Waals surface area contributed by atoms with Gasteiger partial charge in [0.1, 0.15) is 0 Å². The van der Waals surface area contributed by atoms with E-state index in [0.29, 0.717) is 12.3 Å². The molecule has 0 aromatic carbocycles. The van der Waals surface area contributed by atoms with Gasteiger partial charge in [-0.2, -0.15) is 0 Å². The van der Waals surface area contributed by atoms with Gasteiger partial charge in [-0.1, -0.05) is 45.4 Å². The van der Waals surface area contributed by atoms with Crippen molar-refractivity contribution in [2.24, 2.45) is 17.6 Å². The van der Waals surface area contributed by atoms with Gasteiger partial charge < -0.3 is 5.73 Å². The molecule has 0 bridgehead atoms. The summed E-state index contributed by atoms with van der Waals surface area (Å²) in [6.45, 7) is 2.25. The lowest BCUT2D eigenvalue weighted by Crippen LogP contribution is -2.21. The number of hydrogen-bond acceptors (Lipinski definition) is 1. The molecule has 0 saturated heterocycles. The zero-order chi connectivity index (χ0) is 11.1. The van der Waals surface area contributed by atoms with Crippen LogP contribution in [0.25, 0.3) is 0 Å². The molecule has 15 heavy (non-hydrogen) atoms. The summed E-state index contributed by atoms with van der Waals surface area (Å²) in [5, 5.41) is 0. The summed E-state index contributed by atoms with van der Waals surface area (Å²) >= 11 is 0. The first-order chi connectivity index (χ1) is 7.22. The fourth-order valence-electron chi connectivity index (χ4n) is 2.69. The summed E-state index contributed by atoms with van der Waals surface area (Å²) in [6, 6.07) is 0. The highest BCUT2D eigenvalue weighted by molar-refractivity contribution is 5.73. The fourth-order valence-corrected chi connectivity index (χ4v) is 2.69. The molecule has 2 heteroatoms. The van der Waals surface area contributed by atoms with E-state index in [2.05, 4.69) is 6.92 Å². The highest BCUT2D eigenvalue weighted by Gasteiger charge is 2.21. The maximum absolute atomic E-state index is 10.8. The van der Waals surface area contributed by atoms with Gasteiger partial charge in [0, 0.05) is 6.42 Å². The van der Waals surface area contributed by atoms with Gasteiger partial charge in [0.05, 0.1) is 0 Å². The summed E-state index contributed by atoms with van der Waals surface area (Å²) in [7, 11) is 0. The highest BCUT2D eigenvalue weighted by atomic mass is 16.1. The summed E-state index contributed by atoms with van der Waals surface area (Å²) in [6.07, 6.45) is 11.2. The molecular formula is C13H25NO. The third-order valence-electron chi connectivity index (χ3n) is 3.67. The molecule has 0 spiro atoms. The lowest BCUT2D eigenvalue weighted by Gasteiger charge is -2.27. The minimum absolute atomic E-state index is 0.121. The van der Waals surface area contributed by atoms with E-state index in [1.54, 1.807) is 0 Å². The lowest BCUT2D eigenvalue weighted by molar-refractivity contribution is -0.119. The summed E-state index contributed by atoms with van der Waals surface area (Å²) in [5.41, 5.74) is 5.22. The Kier molecular flexibility index (Phi) is 5.74. The van der Waals surface area contributed by atoms with E-state index in [9.17, 15) is 4.79 Å². The molecule has 0 aliphatic heterocycles. The van der Waals surface area contributed by atoms with E-state index < -0.39 is 0 Å². The number of carbonyl (C=O) groups is 1. The van der Waals surface area contributed by atoms with Crippen molar-refractivity contribution >= 4 is 5.91 Å². The SMILES string of the molecule is CCCCC[C@H]1CC[C@H](CC(N)=O)CC1. The Hall–Kier alpha value is -0.530. The van der Waals surface area contributed by atoms with Crippen LogP contribution >= 0.6 is 0 Å². The first-order valence-electron chi connectivity index (χ1n) is 6.50. The average molecular weight is 211 g/mol. The summed E-state index contributed by atoms with van der Waals surface area (Å²) < 4.78 is 0. The van der Waals surface area contributed by atoms with Crippen molar-refractivity contribution in [2.75, 3.05) is 0 Å². The molecule has 0 heterocycles. The van der Waals surface area contributed by atoms with Gasteiger partial charge >= 0.3 is 0 Å². The van der Waals surface area contributed by atoms with Crippen LogP contribution in [0.15, 0.2) is 0 Å². The van der Waals surface area contributed by atoms with Crippen molar-refractivity contribution < 1.29 is 4.79 Å². The minimum atomic E-state index is -0.121. The third-order valence-corrected chi connectivity index (χ3v) is 3.67. The van der Waals surface area contributed by atoms with E-state index in [-0.39, 0.29) is 5.91 Å². The Morgan fingerprint density at radius 3 is 2.27 bits per heavy atom. The van der Waals surface area contributed by atoms with Crippen LogP contribution in [0, 0.1) is 11.8 Å². The normalized spacial score (nSPS) is 26.5. The molecule has 88 valence electrons. The molecule has 0 unspecified atom stereocenters. The zero-order valence-electron chi connectivity index (χ0n) is 10.0. The van der Waals surface area contributed by atoms with Crippen molar-refractivity contribution in [1.82, 2.24) is 0 Å². The highest BCUT2D eigenvalue weighted by Crippen LogP contribution is 2.33. The van der Waals surface area contributed by atoms with Crippen LogP contribution in [0.5, 0.6) is 0 Å². The van der Waals surface area contributed by atoms with Crippen molar-refractivity contribution in [3.63, 3.8) is 0 Å². The van der Waals surface area contributed by atoms with Gasteiger partial charge in [-0.15, -0.1) is 0 Å². The van der Waals surface area contributed by atoms with Crippen LogP contribution in [-0.4, -0.2) is 5.91 Å². The smallest absolute Gasteiger partial charge is 0.217 e. The van der Waals surface area contributed by atoms with Crippen LogP contribution in [0.1, 0.15) is 64.7 Å². The molecule has 1 fully saturated rings. The Balaban J connectivity index is 2.10. The van der Waals surface area contributed by atoms with E-state index in [4.69, 9.17) is 5.73 Å². The quantitative estimate of drug-likeness (QED) is 0.673. The second-order valence-electron chi connectivity index (χ2n) is 5.05. The Morgan fingerprint density at radius 1 is 1.13 bits per heavy atom. The van der Waals surface area contributed by atoms with Crippen molar-refractivity contribution in [2.45, 2.75) is 64.7 Å². The van der Waals surface area contributed by atoms with Gasteiger partial charge in [0.2, 0.25) is 5.91 Å². The fraction of sp³-hybridized carbons (Fsp3) is 0.923. The van der Waals surface area contributed by atoms with Crippen molar-refractivity contribution in [3.8, 4) is 0 Å². The largest absolute Gasteiger partial charge is 0.370 e. The van der Waals surface area contributed by atoms with Crippen molar-refractivity contribution in [1.29, 1.82) is 0 Å². The lowest BCUT2D eigenvalue weighted by atomic mass is 9.78. The van der Waals surface area contributed by atoms with Gasteiger partial charge in [0.15, 0.2) is 0 Å². The molecule has 1 aliphatic rings. The van der Waals surface area contributed by atoms with E-state index in [1.165, 1.54) is 51.4 Å². The molecule has 2 nitrogen and oxygen atoms in total. The van der Waals surface area contributed by atoms with E-state index >= 15 is 0 Å². The number of primary amides is 1. The van der Waals surface area contributed by atoms with Gasteiger partial charge in [-0.25, -0.2) is 0 Å². The van der Waals surface area contributed by atoms with Gasteiger partial charge in [-0.3, -0.25) is 4.79 Å². The maximum Gasteiger partial charge on any atom is 0.217 e.